The minimum absolute atomic E-state index is 0.155. The summed E-state index contributed by atoms with van der Waals surface area (Å²) in [6.45, 7) is 3.71. The summed E-state index contributed by atoms with van der Waals surface area (Å²) in [5, 5.41) is 19.4. The van der Waals surface area contributed by atoms with E-state index in [0.717, 1.165) is 25.7 Å². The first-order valence-electron chi connectivity index (χ1n) is 12.8. The summed E-state index contributed by atoms with van der Waals surface area (Å²) in [6.07, 6.45) is 8.19. The van der Waals surface area contributed by atoms with Gasteiger partial charge < -0.3 is 15.2 Å². The first-order chi connectivity index (χ1) is 17.2. The lowest BCUT2D eigenvalue weighted by atomic mass is 9.78. The molecule has 0 bridgehead atoms. The molecule has 2 aliphatic rings. The Morgan fingerprint density at radius 2 is 1.72 bits per heavy atom. The average molecular weight is 498 g/mol. The van der Waals surface area contributed by atoms with Gasteiger partial charge in [0.2, 0.25) is 5.91 Å². The second-order valence-corrected chi connectivity index (χ2v) is 9.96. The fourth-order valence-corrected chi connectivity index (χ4v) is 5.40. The van der Waals surface area contributed by atoms with Crippen LogP contribution in [-0.2, 0) is 21.4 Å². The van der Waals surface area contributed by atoms with Crippen molar-refractivity contribution in [1.82, 2.24) is 14.8 Å². The Hall–Kier alpha value is -3.43. The van der Waals surface area contributed by atoms with Crippen LogP contribution in [0.2, 0.25) is 0 Å². The number of carboxylic acid groups (broad SMARTS) is 1. The number of rotatable bonds is 7. The average Bonchev–Trinajstić information content (AvgIpc) is 3.51. The number of amides is 2. The Bertz CT molecular complexity index is 1120. The van der Waals surface area contributed by atoms with E-state index in [4.69, 9.17) is 4.74 Å². The van der Waals surface area contributed by atoms with Crippen molar-refractivity contribution in [3.63, 3.8) is 0 Å². The highest BCUT2D eigenvalue weighted by atomic mass is 16.6. The Labute approximate surface area is 210 Å². The number of hydrogen-bond donors (Lipinski definition) is 3. The molecule has 2 heterocycles. The molecular weight excluding hydrogens is 462 g/mol. The van der Waals surface area contributed by atoms with Crippen molar-refractivity contribution in [2.75, 3.05) is 10.6 Å². The molecular formula is C26H35N5O5. The number of aliphatic carboxylic acids is 1. The molecule has 0 radical (unpaired) electrons. The lowest BCUT2D eigenvalue weighted by Gasteiger charge is -2.27. The first-order valence-corrected chi connectivity index (χ1v) is 12.8. The second-order valence-electron chi connectivity index (χ2n) is 9.96. The van der Waals surface area contributed by atoms with E-state index < -0.39 is 23.9 Å². The molecule has 2 fully saturated rings. The summed E-state index contributed by atoms with van der Waals surface area (Å²) in [6, 6.07) is 3.48. The fraction of sp³-hybridized carbons (Fsp3) is 0.577. The number of aryl methyl sites for hydroxylation is 2. The third kappa shape index (κ3) is 5.68. The van der Waals surface area contributed by atoms with Crippen molar-refractivity contribution in [1.29, 1.82) is 0 Å². The van der Waals surface area contributed by atoms with Gasteiger partial charge in [0.15, 0.2) is 0 Å². The number of anilines is 2. The van der Waals surface area contributed by atoms with Crippen LogP contribution in [0, 0.1) is 24.7 Å². The van der Waals surface area contributed by atoms with Gasteiger partial charge in [-0.3, -0.25) is 24.6 Å². The SMILES string of the molecule is Cc1nc(-c2cnn(C)c2NC(=O)O[C@H](C)C2CCCC2)ccc1NC(=O)[C@H]1CCCC[C@@H]1C(=O)O. The molecule has 36 heavy (non-hydrogen) atoms. The predicted octanol–water partition coefficient (Wildman–Crippen LogP) is 4.75. The topological polar surface area (TPSA) is 135 Å². The Kier molecular flexibility index (Phi) is 7.91. The molecule has 0 aliphatic heterocycles. The fourth-order valence-electron chi connectivity index (χ4n) is 5.40. The quantitative estimate of drug-likeness (QED) is 0.502. The van der Waals surface area contributed by atoms with Gasteiger partial charge in [-0.1, -0.05) is 25.7 Å². The maximum atomic E-state index is 12.9. The third-order valence-corrected chi connectivity index (χ3v) is 7.56. The Morgan fingerprint density at radius 3 is 2.39 bits per heavy atom. The van der Waals surface area contributed by atoms with Crippen LogP contribution in [0.15, 0.2) is 18.3 Å². The predicted molar refractivity (Wildman–Crippen MR) is 134 cm³/mol. The number of nitrogens with one attached hydrogen (secondary N) is 2. The summed E-state index contributed by atoms with van der Waals surface area (Å²) in [4.78, 5) is 41.7. The molecule has 0 aromatic carbocycles. The van der Waals surface area contributed by atoms with Crippen molar-refractivity contribution in [2.24, 2.45) is 24.8 Å². The monoisotopic (exact) mass is 497 g/mol. The molecule has 10 nitrogen and oxygen atoms in total. The van der Waals surface area contributed by atoms with Crippen LogP contribution in [0.4, 0.5) is 16.3 Å². The summed E-state index contributed by atoms with van der Waals surface area (Å²) >= 11 is 0. The minimum Gasteiger partial charge on any atom is -0.481 e. The van der Waals surface area contributed by atoms with E-state index in [1.807, 2.05) is 6.92 Å². The second kappa shape index (κ2) is 11.1. The first kappa shape index (κ1) is 25.7. The van der Waals surface area contributed by atoms with Crippen molar-refractivity contribution in [2.45, 2.75) is 71.3 Å². The lowest BCUT2D eigenvalue weighted by molar-refractivity contribution is -0.147. The zero-order valence-electron chi connectivity index (χ0n) is 21.1. The zero-order chi connectivity index (χ0) is 25.8. The van der Waals surface area contributed by atoms with Gasteiger partial charge in [-0.05, 0) is 57.6 Å². The highest BCUT2D eigenvalue weighted by molar-refractivity contribution is 5.96. The number of nitrogens with zero attached hydrogens (tertiary/aromatic N) is 3. The number of aromatic nitrogens is 3. The van der Waals surface area contributed by atoms with Crippen molar-refractivity contribution in [3.05, 3.63) is 24.0 Å². The van der Waals surface area contributed by atoms with Gasteiger partial charge in [0.05, 0.1) is 40.7 Å². The number of carbonyl (C=O) groups excluding carboxylic acids is 2. The number of carboxylic acids is 1. The highest BCUT2D eigenvalue weighted by Crippen LogP contribution is 2.33. The molecule has 3 N–H and O–H groups in total. The molecule has 10 heteroatoms. The summed E-state index contributed by atoms with van der Waals surface area (Å²) in [7, 11) is 1.73. The molecule has 2 saturated carbocycles. The van der Waals surface area contributed by atoms with Crippen molar-refractivity contribution >= 4 is 29.5 Å². The van der Waals surface area contributed by atoms with E-state index in [2.05, 4.69) is 20.7 Å². The highest BCUT2D eigenvalue weighted by Gasteiger charge is 2.36. The van der Waals surface area contributed by atoms with Crippen LogP contribution in [0.1, 0.15) is 64.0 Å². The van der Waals surface area contributed by atoms with E-state index >= 15 is 0 Å². The van der Waals surface area contributed by atoms with Gasteiger partial charge in [0.1, 0.15) is 11.9 Å². The van der Waals surface area contributed by atoms with Gasteiger partial charge in [-0.2, -0.15) is 5.10 Å². The van der Waals surface area contributed by atoms with Gasteiger partial charge >= 0.3 is 12.1 Å². The maximum Gasteiger partial charge on any atom is 0.413 e. The van der Waals surface area contributed by atoms with Gasteiger partial charge in [-0.25, -0.2) is 4.79 Å². The normalized spacial score (nSPS) is 21.1. The van der Waals surface area contributed by atoms with Crippen LogP contribution in [0.25, 0.3) is 11.3 Å². The molecule has 4 rings (SSSR count). The third-order valence-electron chi connectivity index (χ3n) is 7.56. The van der Waals surface area contributed by atoms with Crippen LogP contribution >= 0.6 is 0 Å². The molecule has 194 valence electrons. The van der Waals surface area contributed by atoms with Crippen molar-refractivity contribution in [3.8, 4) is 11.3 Å². The van der Waals surface area contributed by atoms with Gasteiger partial charge in [0, 0.05) is 7.05 Å². The number of pyridine rings is 1. The smallest absolute Gasteiger partial charge is 0.413 e. The van der Waals surface area contributed by atoms with Crippen LogP contribution in [-0.4, -0.2) is 43.9 Å². The minimum atomic E-state index is -0.923. The Morgan fingerprint density at radius 1 is 1.06 bits per heavy atom. The molecule has 2 aromatic heterocycles. The maximum absolute atomic E-state index is 12.9. The summed E-state index contributed by atoms with van der Waals surface area (Å²) in [5.41, 5.74) is 2.32. The molecule has 0 spiro atoms. The lowest BCUT2D eigenvalue weighted by Crippen LogP contribution is -2.36. The molecule has 0 saturated heterocycles. The van der Waals surface area contributed by atoms with Crippen LogP contribution < -0.4 is 10.6 Å². The number of ether oxygens (including phenoxy) is 1. The van der Waals surface area contributed by atoms with Crippen LogP contribution in [0.3, 0.4) is 0 Å². The van der Waals surface area contributed by atoms with Crippen LogP contribution in [0.5, 0.6) is 0 Å². The summed E-state index contributed by atoms with van der Waals surface area (Å²) in [5.74, 6) is -1.56. The van der Waals surface area contributed by atoms with E-state index in [1.54, 1.807) is 37.0 Å². The van der Waals surface area contributed by atoms with Gasteiger partial charge in [0.25, 0.3) is 0 Å². The summed E-state index contributed by atoms with van der Waals surface area (Å²) < 4.78 is 7.18. The van der Waals surface area contributed by atoms with E-state index in [9.17, 15) is 19.5 Å². The molecule has 2 aromatic rings. The molecule has 3 atom stereocenters. The van der Waals surface area contributed by atoms with E-state index in [-0.39, 0.29) is 12.0 Å². The molecule has 2 amide bonds. The number of hydrogen-bond acceptors (Lipinski definition) is 6. The number of carbonyl (C=O) groups is 3. The van der Waals surface area contributed by atoms with Gasteiger partial charge in [-0.15, -0.1) is 0 Å². The zero-order valence-corrected chi connectivity index (χ0v) is 21.1. The standard InChI is InChI=1S/C26H35N5O5/c1-15-21(29-24(32)18-10-6-7-11-19(18)25(33)34)12-13-22(28-15)20-14-27-31(3)23(20)30-26(35)36-16(2)17-8-4-5-9-17/h12-14,16-19H,4-11H2,1-3H3,(H,29,32)(H,30,35)(H,33,34)/t16-,18+,19+/m1/s1. The Balaban J connectivity index is 1.45. The molecule has 0 unspecified atom stereocenters. The van der Waals surface area contributed by atoms with E-state index in [1.165, 1.54) is 12.8 Å². The largest absolute Gasteiger partial charge is 0.481 e. The van der Waals surface area contributed by atoms with Crippen molar-refractivity contribution < 1.29 is 24.2 Å². The molecule has 2 aliphatic carbocycles. The van der Waals surface area contributed by atoms with E-state index in [0.29, 0.717) is 47.2 Å².